The van der Waals surface area contributed by atoms with Crippen molar-refractivity contribution in [3.63, 3.8) is 0 Å². The fraction of sp³-hybridized carbons (Fsp3) is 0.889. The van der Waals surface area contributed by atoms with Crippen LogP contribution >= 0.6 is 0 Å². The lowest BCUT2D eigenvalue weighted by molar-refractivity contribution is 0.678. The molecule has 3 heteroatoms. The van der Waals surface area contributed by atoms with Gasteiger partial charge in [0, 0.05) is 0 Å². The average molecular weight is 328 g/mol. The van der Waals surface area contributed by atoms with E-state index in [-0.39, 0.29) is 0 Å². The van der Waals surface area contributed by atoms with Crippen LogP contribution in [0.3, 0.4) is 0 Å². The number of nitrogens with one attached hydrogen (secondary N) is 1. The zero-order valence-corrected chi connectivity index (χ0v) is 18.1. The predicted octanol–water partition coefficient (Wildman–Crippen LogP) is 6.08. The molecule has 0 aliphatic rings. The van der Waals surface area contributed by atoms with Crippen molar-refractivity contribution in [1.29, 1.82) is 0 Å². The largest absolute Gasteiger partial charge is 0.317 e. The Hall–Kier alpha value is 0.134. The van der Waals surface area contributed by atoms with Crippen molar-refractivity contribution < 1.29 is 0 Å². The van der Waals surface area contributed by atoms with Crippen LogP contribution < -0.4 is 5.32 Å². The maximum Gasteiger partial charge on any atom is 0.0722 e. The number of hydrogen-bond donors (Lipinski definition) is 1. The van der Waals surface area contributed by atoms with E-state index in [0.717, 1.165) is 16.6 Å². The second-order valence-corrected chi connectivity index (χ2v) is 19.4. The summed E-state index contributed by atoms with van der Waals surface area (Å²) in [5, 5.41) is 3.67. The molecule has 126 valence electrons. The predicted molar refractivity (Wildman–Crippen MR) is 106 cm³/mol. The fourth-order valence-corrected chi connectivity index (χ4v) is 11.6. The Labute approximate surface area is 137 Å². The van der Waals surface area contributed by atoms with E-state index >= 15 is 0 Å². The van der Waals surface area contributed by atoms with E-state index in [4.69, 9.17) is 0 Å². The van der Waals surface area contributed by atoms with Crippen molar-refractivity contribution in [2.75, 3.05) is 13.1 Å². The minimum Gasteiger partial charge on any atom is -0.317 e. The first-order chi connectivity index (χ1) is 9.60. The molecule has 0 aliphatic heterocycles. The SMILES string of the molecule is C=C[Si](C)(C)CCNCCC[Si](C(C)C)(C(C)C)C(C)C. The molecule has 0 saturated heterocycles. The summed E-state index contributed by atoms with van der Waals surface area (Å²) in [5.74, 6) is 0. The molecule has 1 nitrogen and oxygen atoms in total. The molecule has 0 aliphatic carbocycles. The molecular weight excluding hydrogens is 286 g/mol. The van der Waals surface area contributed by atoms with Gasteiger partial charge < -0.3 is 5.32 Å². The highest BCUT2D eigenvalue weighted by molar-refractivity contribution is 6.83. The maximum absolute atomic E-state index is 3.98. The third-order valence-corrected chi connectivity index (χ3v) is 16.0. The molecule has 0 spiro atoms. The van der Waals surface area contributed by atoms with Crippen LogP contribution in [0, 0.1) is 0 Å². The van der Waals surface area contributed by atoms with Gasteiger partial charge in [-0.3, -0.25) is 0 Å². The summed E-state index contributed by atoms with van der Waals surface area (Å²) in [6.07, 6.45) is 1.36. The molecule has 0 saturated carbocycles. The Morgan fingerprint density at radius 2 is 1.33 bits per heavy atom. The van der Waals surface area contributed by atoms with Gasteiger partial charge in [0.25, 0.3) is 0 Å². The topological polar surface area (TPSA) is 12.0 Å². The van der Waals surface area contributed by atoms with Gasteiger partial charge in [0.2, 0.25) is 0 Å². The third kappa shape index (κ3) is 6.41. The molecule has 0 bridgehead atoms. The molecule has 0 atom stereocenters. The second kappa shape index (κ2) is 9.31. The smallest absolute Gasteiger partial charge is 0.0722 e. The van der Waals surface area contributed by atoms with Crippen LogP contribution in [0.15, 0.2) is 12.3 Å². The molecule has 0 rings (SSSR count). The van der Waals surface area contributed by atoms with Crippen molar-refractivity contribution in [3.8, 4) is 0 Å². The first-order valence-electron chi connectivity index (χ1n) is 8.94. The van der Waals surface area contributed by atoms with Gasteiger partial charge in [-0.15, -0.1) is 12.3 Å². The quantitative estimate of drug-likeness (QED) is 0.358. The van der Waals surface area contributed by atoms with Crippen molar-refractivity contribution >= 4 is 16.1 Å². The molecule has 21 heavy (non-hydrogen) atoms. The maximum atomic E-state index is 3.98. The molecule has 0 fully saturated rings. The van der Waals surface area contributed by atoms with Gasteiger partial charge in [-0.1, -0.05) is 77.3 Å². The van der Waals surface area contributed by atoms with Crippen LogP contribution in [0.25, 0.3) is 0 Å². The Bertz CT molecular complexity index is 274. The zero-order chi connectivity index (χ0) is 16.7. The summed E-state index contributed by atoms with van der Waals surface area (Å²) < 4.78 is 0. The summed E-state index contributed by atoms with van der Waals surface area (Å²) in [4.78, 5) is 0. The van der Waals surface area contributed by atoms with E-state index in [1.54, 1.807) is 0 Å². The summed E-state index contributed by atoms with van der Waals surface area (Å²) in [6, 6.07) is 2.80. The standard InChI is InChI=1S/C18H41NSi2/c1-10-20(8,9)15-13-19-12-11-14-21(16(2)3,17(4)5)18(6)7/h10,16-19H,1,11-15H2,2-9H3. The first kappa shape index (κ1) is 21.1. The minimum absolute atomic E-state index is 0.893. The highest BCUT2D eigenvalue weighted by Crippen LogP contribution is 2.44. The normalized spacial score (nSPS) is 13.5. The van der Waals surface area contributed by atoms with Crippen molar-refractivity contribution in [3.05, 3.63) is 12.3 Å². The molecule has 0 amide bonds. The first-order valence-corrected chi connectivity index (χ1v) is 14.7. The van der Waals surface area contributed by atoms with E-state index in [2.05, 4.69) is 72.2 Å². The van der Waals surface area contributed by atoms with E-state index in [9.17, 15) is 0 Å². The molecule has 0 aromatic rings. The summed E-state index contributed by atoms with van der Waals surface area (Å²) in [5.41, 5.74) is 4.89. The van der Waals surface area contributed by atoms with Gasteiger partial charge in [0.1, 0.15) is 0 Å². The van der Waals surface area contributed by atoms with E-state index in [0.29, 0.717) is 0 Å². The highest BCUT2D eigenvalue weighted by Gasteiger charge is 2.41. The summed E-state index contributed by atoms with van der Waals surface area (Å²) >= 11 is 0. The van der Waals surface area contributed by atoms with Crippen LogP contribution in [0.2, 0.25) is 41.8 Å². The summed E-state index contributed by atoms with van der Waals surface area (Å²) in [6.45, 7) is 26.0. The lowest BCUT2D eigenvalue weighted by atomic mass is 10.4. The van der Waals surface area contributed by atoms with Crippen molar-refractivity contribution in [1.82, 2.24) is 5.32 Å². The minimum atomic E-state index is -1.18. The Morgan fingerprint density at radius 3 is 1.71 bits per heavy atom. The highest BCUT2D eigenvalue weighted by atomic mass is 28.3. The lowest BCUT2D eigenvalue weighted by Gasteiger charge is -2.43. The van der Waals surface area contributed by atoms with Crippen LogP contribution in [-0.4, -0.2) is 29.2 Å². The van der Waals surface area contributed by atoms with Gasteiger partial charge >= 0.3 is 0 Å². The zero-order valence-electron chi connectivity index (χ0n) is 16.1. The second-order valence-electron chi connectivity index (χ2n) is 8.37. The van der Waals surface area contributed by atoms with Gasteiger partial charge in [-0.2, -0.15) is 0 Å². The lowest BCUT2D eigenvalue weighted by Crippen LogP contribution is -2.44. The molecule has 0 aromatic carbocycles. The Kier molecular flexibility index (Phi) is 9.37. The van der Waals surface area contributed by atoms with Crippen molar-refractivity contribution in [2.45, 2.75) is 89.8 Å². The van der Waals surface area contributed by atoms with Gasteiger partial charge in [-0.05, 0) is 25.6 Å². The van der Waals surface area contributed by atoms with Crippen LogP contribution in [0.4, 0.5) is 0 Å². The van der Waals surface area contributed by atoms with Gasteiger partial charge in [-0.25, -0.2) is 0 Å². The fourth-order valence-electron chi connectivity index (χ4n) is 4.02. The molecule has 0 radical (unpaired) electrons. The Morgan fingerprint density at radius 1 is 0.857 bits per heavy atom. The number of rotatable bonds is 11. The van der Waals surface area contributed by atoms with Crippen LogP contribution in [-0.2, 0) is 0 Å². The number of hydrogen-bond acceptors (Lipinski definition) is 1. The summed E-state index contributed by atoms with van der Waals surface area (Å²) in [7, 11) is -2.30. The third-order valence-electron chi connectivity index (χ3n) is 5.69. The van der Waals surface area contributed by atoms with E-state index in [1.165, 1.54) is 31.6 Å². The average Bonchev–Trinajstić information content (AvgIpc) is 2.36. The van der Waals surface area contributed by atoms with Crippen LogP contribution in [0.1, 0.15) is 48.0 Å². The molecular formula is C18H41NSi2. The molecule has 0 aromatic heterocycles. The molecule has 1 N–H and O–H groups in total. The van der Waals surface area contributed by atoms with E-state index < -0.39 is 16.1 Å². The van der Waals surface area contributed by atoms with Gasteiger partial charge in [0.05, 0.1) is 16.1 Å². The molecule has 0 heterocycles. The Balaban J connectivity index is 4.26. The van der Waals surface area contributed by atoms with Gasteiger partial charge in [0.15, 0.2) is 0 Å². The molecule has 0 unspecified atom stereocenters. The van der Waals surface area contributed by atoms with Crippen LogP contribution in [0.5, 0.6) is 0 Å². The van der Waals surface area contributed by atoms with E-state index in [1.807, 2.05) is 0 Å². The monoisotopic (exact) mass is 327 g/mol. The van der Waals surface area contributed by atoms with Crippen molar-refractivity contribution in [2.24, 2.45) is 0 Å².